The van der Waals surface area contributed by atoms with Crippen molar-refractivity contribution in [1.29, 1.82) is 0 Å². The second-order valence-corrected chi connectivity index (χ2v) is 6.18. The summed E-state index contributed by atoms with van der Waals surface area (Å²) in [6.07, 6.45) is 3.39. The van der Waals surface area contributed by atoms with E-state index in [1.54, 1.807) is 31.5 Å². The molecule has 4 rings (SSSR count). The van der Waals surface area contributed by atoms with Crippen molar-refractivity contribution in [3.05, 3.63) is 54.2 Å². The molecule has 0 saturated carbocycles. The van der Waals surface area contributed by atoms with E-state index < -0.39 is 0 Å². The highest BCUT2D eigenvalue weighted by Gasteiger charge is 2.21. The zero-order chi connectivity index (χ0) is 18.6. The van der Waals surface area contributed by atoms with Crippen molar-refractivity contribution in [3.8, 4) is 0 Å². The summed E-state index contributed by atoms with van der Waals surface area (Å²) in [5.74, 6) is 2.15. The largest absolute Gasteiger partial charge is 0.360 e. The minimum Gasteiger partial charge on any atom is -0.360 e. The van der Waals surface area contributed by atoms with Gasteiger partial charge in [-0.3, -0.25) is 4.79 Å². The van der Waals surface area contributed by atoms with Crippen LogP contribution in [0.4, 0.5) is 17.6 Å². The van der Waals surface area contributed by atoms with Crippen LogP contribution < -0.4 is 15.1 Å². The number of nitrogens with one attached hydrogen (secondary N) is 1. The quantitative estimate of drug-likeness (QED) is 0.746. The molecule has 1 fully saturated rings. The van der Waals surface area contributed by atoms with Gasteiger partial charge in [-0.05, 0) is 25.1 Å². The van der Waals surface area contributed by atoms with Crippen molar-refractivity contribution in [2.24, 2.45) is 0 Å². The number of aryl methyl sites for hydroxylation is 1. The molecule has 0 aromatic carbocycles. The zero-order valence-electron chi connectivity index (χ0n) is 14.9. The molecular weight excluding hydrogens is 346 g/mol. The maximum Gasteiger partial charge on any atom is 0.275 e. The van der Waals surface area contributed by atoms with Crippen LogP contribution in [0.2, 0.25) is 0 Å². The molecule has 0 unspecified atom stereocenters. The fourth-order valence-electron chi connectivity index (χ4n) is 2.91. The highest BCUT2D eigenvalue weighted by atomic mass is 16.5. The molecule has 138 valence electrons. The van der Waals surface area contributed by atoms with Crippen molar-refractivity contribution in [2.45, 2.75) is 6.92 Å². The standard InChI is InChI=1S/C18H19N7O2/c1-13-12-15(23-27-13)22-17(26)14-5-7-20-18(21-14)25-10-8-24(9-11-25)16-4-2-3-6-19-16/h2-7,12H,8-11H2,1H3,(H,22,23,26). The Morgan fingerprint density at radius 2 is 1.89 bits per heavy atom. The zero-order valence-corrected chi connectivity index (χ0v) is 14.9. The summed E-state index contributed by atoms with van der Waals surface area (Å²) < 4.78 is 4.95. The molecule has 9 nitrogen and oxygen atoms in total. The molecule has 1 aliphatic heterocycles. The van der Waals surface area contributed by atoms with E-state index in [0.717, 1.165) is 32.0 Å². The molecule has 1 saturated heterocycles. The van der Waals surface area contributed by atoms with Crippen LogP contribution in [-0.4, -0.2) is 52.2 Å². The Morgan fingerprint density at radius 3 is 2.59 bits per heavy atom. The summed E-state index contributed by atoms with van der Waals surface area (Å²) in [6, 6.07) is 9.12. The first kappa shape index (κ1) is 17.0. The van der Waals surface area contributed by atoms with Crippen molar-refractivity contribution >= 4 is 23.5 Å². The number of aromatic nitrogens is 4. The second kappa shape index (κ2) is 7.40. The molecule has 3 aromatic heterocycles. The predicted octanol–water partition coefficient (Wildman–Crippen LogP) is 1.75. The van der Waals surface area contributed by atoms with Crippen LogP contribution in [-0.2, 0) is 0 Å². The van der Waals surface area contributed by atoms with Gasteiger partial charge in [0.25, 0.3) is 5.91 Å². The molecule has 1 amide bonds. The van der Waals surface area contributed by atoms with Gasteiger partial charge in [0.2, 0.25) is 5.95 Å². The Morgan fingerprint density at radius 1 is 1.07 bits per heavy atom. The molecule has 0 bridgehead atoms. The fraction of sp³-hybridized carbons (Fsp3) is 0.278. The van der Waals surface area contributed by atoms with Crippen LogP contribution >= 0.6 is 0 Å². The lowest BCUT2D eigenvalue weighted by Crippen LogP contribution is -2.47. The van der Waals surface area contributed by atoms with E-state index >= 15 is 0 Å². The summed E-state index contributed by atoms with van der Waals surface area (Å²) in [5, 5.41) is 6.43. The van der Waals surface area contributed by atoms with Gasteiger partial charge in [0.1, 0.15) is 17.3 Å². The van der Waals surface area contributed by atoms with E-state index in [2.05, 4.69) is 35.2 Å². The summed E-state index contributed by atoms with van der Waals surface area (Å²) in [6.45, 7) is 4.90. The monoisotopic (exact) mass is 365 g/mol. The van der Waals surface area contributed by atoms with Gasteiger partial charge in [0, 0.05) is 44.6 Å². The Labute approximate surface area is 156 Å². The molecule has 0 aliphatic carbocycles. The predicted molar refractivity (Wildman–Crippen MR) is 99.9 cm³/mol. The highest BCUT2D eigenvalue weighted by Crippen LogP contribution is 2.16. The Balaban J connectivity index is 1.41. The molecule has 0 spiro atoms. The van der Waals surface area contributed by atoms with Gasteiger partial charge in [0.05, 0.1) is 0 Å². The van der Waals surface area contributed by atoms with Crippen LogP contribution in [0.15, 0.2) is 47.2 Å². The number of carbonyl (C=O) groups is 1. The lowest BCUT2D eigenvalue weighted by atomic mass is 10.3. The van der Waals surface area contributed by atoms with E-state index in [1.165, 1.54) is 0 Å². The number of piperazine rings is 1. The molecule has 9 heteroatoms. The van der Waals surface area contributed by atoms with Gasteiger partial charge < -0.3 is 19.6 Å². The van der Waals surface area contributed by atoms with Crippen LogP contribution in [0.25, 0.3) is 0 Å². The maximum atomic E-state index is 12.4. The van der Waals surface area contributed by atoms with Crippen molar-refractivity contribution in [1.82, 2.24) is 20.1 Å². The maximum absolute atomic E-state index is 12.4. The SMILES string of the molecule is Cc1cc(NC(=O)c2ccnc(N3CCN(c4ccccn4)CC3)n2)no1. The number of pyridine rings is 1. The number of amides is 1. The minimum atomic E-state index is -0.348. The summed E-state index contributed by atoms with van der Waals surface area (Å²) >= 11 is 0. The third-order valence-corrected chi connectivity index (χ3v) is 4.28. The average molecular weight is 365 g/mol. The van der Waals surface area contributed by atoms with Gasteiger partial charge in [-0.25, -0.2) is 15.0 Å². The van der Waals surface area contributed by atoms with Gasteiger partial charge in [0.15, 0.2) is 5.82 Å². The Kier molecular flexibility index (Phi) is 4.65. The molecule has 3 aromatic rings. The van der Waals surface area contributed by atoms with E-state index in [0.29, 0.717) is 17.5 Å². The Bertz CT molecular complexity index is 920. The molecule has 1 N–H and O–H groups in total. The summed E-state index contributed by atoms with van der Waals surface area (Å²) in [5.41, 5.74) is 0.285. The molecule has 1 aliphatic rings. The van der Waals surface area contributed by atoms with Gasteiger partial charge in [-0.1, -0.05) is 11.2 Å². The molecule has 0 atom stereocenters. The normalized spacial score (nSPS) is 14.3. The summed E-state index contributed by atoms with van der Waals surface area (Å²) in [7, 11) is 0. The first-order valence-electron chi connectivity index (χ1n) is 8.68. The smallest absolute Gasteiger partial charge is 0.275 e. The molecule has 0 radical (unpaired) electrons. The lowest BCUT2D eigenvalue weighted by molar-refractivity contribution is 0.102. The van der Waals surface area contributed by atoms with Crippen molar-refractivity contribution < 1.29 is 9.32 Å². The van der Waals surface area contributed by atoms with Gasteiger partial charge in [-0.2, -0.15) is 0 Å². The average Bonchev–Trinajstić information content (AvgIpc) is 3.13. The van der Waals surface area contributed by atoms with Crippen LogP contribution in [0.3, 0.4) is 0 Å². The molecule has 27 heavy (non-hydrogen) atoms. The Hall–Kier alpha value is -3.49. The van der Waals surface area contributed by atoms with Crippen molar-refractivity contribution in [3.63, 3.8) is 0 Å². The molecular formula is C18H19N7O2. The molecule has 4 heterocycles. The van der Waals surface area contributed by atoms with Crippen LogP contribution in [0.5, 0.6) is 0 Å². The minimum absolute atomic E-state index is 0.285. The van der Waals surface area contributed by atoms with Crippen LogP contribution in [0, 0.1) is 6.92 Å². The number of nitrogens with zero attached hydrogens (tertiary/aromatic N) is 6. The van der Waals surface area contributed by atoms with E-state index in [1.807, 2.05) is 18.2 Å². The number of hydrogen-bond donors (Lipinski definition) is 1. The number of rotatable bonds is 4. The number of anilines is 3. The van der Waals surface area contributed by atoms with Gasteiger partial charge >= 0.3 is 0 Å². The number of hydrogen-bond acceptors (Lipinski definition) is 8. The summed E-state index contributed by atoms with van der Waals surface area (Å²) in [4.78, 5) is 29.8. The van der Waals surface area contributed by atoms with E-state index in [4.69, 9.17) is 4.52 Å². The third kappa shape index (κ3) is 3.86. The fourth-order valence-corrected chi connectivity index (χ4v) is 2.91. The van der Waals surface area contributed by atoms with Gasteiger partial charge in [-0.15, -0.1) is 0 Å². The third-order valence-electron chi connectivity index (χ3n) is 4.28. The topological polar surface area (TPSA) is 100 Å². The first-order chi connectivity index (χ1) is 13.2. The first-order valence-corrected chi connectivity index (χ1v) is 8.68. The highest BCUT2D eigenvalue weighted by molar-refractivity contribution is 6.02. The van der Waals surface area contributed by atoms with E-state index in [9.17, 15) is 4.79 Å². The number of carbonyl (C=O) groups excluding carboxylic acids is 1. The van der Waals surface area contributed by atoms with E-state index in [-0.39, 0.29) is 11.6 Å². The lowest BCUT2D eigenvalue weighted by Gasteiger charge is -2.35. The second-order valence-electron chi connectivity index (χ2n) is 6.18. The van der Waals surface area contributed by atoms with Crippen molar-refractivity contribution in [2.75, 3.05) is 41.3 Å². The van der Waals surface area contributed by atoms with Crippen LogP contribution in [0.1, 0.15) is 16.2 Å².